The molecule has 32 heavy (non-hydrogen) atoms. The second-order valence-corrected chi connectivity index (χ2v) is 7.41. The van der Waals surface area contributed by atoms with Crippen LogP contribution in [0, 0.1) is 11.3 Å². The predicted molar refractivity (Wildman–Crippen MR) is 110 cm³/mol. The highest BCUT2D eigenvalue weighted by molar-refractivity contribution is 5.48. The predicted octanol–water partition coefficient (Wildman–Crippen LogP) is 4.42. The van der Waals surface area contributed by atoms with Crippen molar-refractivity contribution in [2.45, 2.75) is 31.1 Å². The first-order chi connectivity index (χ1) is 15.3. The van der Waals surface area contributed by atoms with E-state index in [1.807, 2.05) is 6.07 Å². The number of pyridine rings is 1. The fourth-order valence-corrected chi connectivity index (χ4v) is 3.80. The second kappa shape index (κ2) is 8.42. The van der Waals surface area contributed by atoms with Gasteiger partial charge in [-0.3, -0.25) is 0 Å². The molecule has 2 aromatic heterocycles. The highest BCUT2D eigenvalue weighted by atomic mass is 19.4. The molecule has 10 heteroatoms. The van der Waals surface area contributed by atoms with Gasteiger partial charge in [0.15, 0.2) is 17.5 Å². The number of nitrogens with zero attached hydrogens (tertiary/aromatic N) is 4. The van der Waals surface area contributed by atoms with E-state index in [1.165, 1.54) is 20.4 Å². The van der Waals surface area contributed by atoms with E-state index in [9.17, 15) is 13.2 Å². The van der Waals surface area contributed by atoms with Crippen molar-refractivity contribution < 1.29 is 22.6 Å². The van der Waals surface area contributed by atoms with Gasteiger partial charge in [0.05, 0.1) is 26.0 Å². The number of fused-ring (bicyclic) bond motifs is 1. The summed E-state index contributed by atoms with van der Waals surface area (Å²) in [5.41, 5.74) is 2.15. The molecule has 2 unspecified atom stereocenters. The number of rotatable bonds is 5. The minimum atomic E-state index is -4.47. The molecular formula is C22H20F3N5O2. The van der Waals surface area contributed by atoms with E-state index in [2.05, 4.69) is 15.4 Å². The molecule has 3 heterocycles. The third-order valence-electron chi connectivity index (χ3n) is 5.37. The Morgan fingerprint density at radius 2 is 1.94 bits per heavy atom. The lowest BCUT2D eigenvalue weighted by molar-refractivity contribution is -0.173. The first-order valence-electron chi connectivity index (χ1n) is 9.81. The standard InChI is InChI=1S/C22H20F3N5O2/c1-31-18-6-4-14(8-19(18)32-2)17-10-20(22(23,24)25)30-21(28-17)9-16(29-30)7-13-3-5-15(11-26)27-12-13/h3-6,8-9,12,17,20,28H,7,10H2,1-2H3. The van der Waals surface area contributed by atoms with E-state index in [-0.39, 0.29) is 17.9 Å². The molecule has 0 aliphatic carbocycles. The molecule has 3 aromatic rings. The van der Waals surface area contributed by atoms with E-state index < -0.39 is 18.3 Å². The highest BCUT2D eigenvalue weighted by Crippen LogP contribution is 2.44. The Morgan fingerprint density at radius 1 is 1.16 bits per heavy atom. The minimum absolute atomic E-state index is 0.217. The molecule has 0 saturated heterocycles. The maximum atomic E-state index is 13.9. The van der Waals surface area contributed by atoms with Crippen molar-refractivity contribution in [3.8, 4) is 17.6 Å². The summed E-state index contributed by atoms with van der Waals surface area (Å²) in [5.74, 6) is 1.24. The van der Waals surface area contributed by atoms with E-state index in [0.29, 0.717) is 29.2 Å². The van der Waals surface area contributed by atoms with Gasteiger partial charge < -0.3 is 14.8 Å². The molecule has 0 spiro atoms. The van der Waals surface area contributed by atoms with Gasteiger partial charge >= 0.3 is 6.18 Å². The summed E-state index contributed by atoms with van der Waals surface area (Å²) in [6, 6.07) is 9.54. The van der Waals surface area contributed by atoms with Crippen molar-refractivity contribution in [2.75, 3.05) is 19.5 Å². The second-order valence-electron chi connectivity index (χ2n) is 7.41. The Morgan fingerprint density at radius 3 is 2.56 bits per heavy atom. The van der Waals surface area contributed by atoms with Crippen LogP contribution >= 0.6 is 0 Å². The van der Waals surface area contributed by atoms with Crippen LogP contribution < -0.4 is 14.8 Å². The SMILES string of the molecule is COc1ccc(C2CC(C(F)(F)F)n3nc(Cc4ccc(C#N)nc4)cc3N2)cc1OC. The molecule has 0 bridgehead atoms. The first-order valence-corrected chi connectivity index (χ1v) is 9.81. The molecule has 1 aliphatic rings. The normalized spacial score (nSPS) is 17.8. The van der Waals surface area contributed by atoms with E-state index >= 15 is 0 Å². The summed E-state index contributed by atoms with van der Waals surface area (Å²) in [6.45, 7) is 0. The van der Waals surface area contributed by atoms with Gasteiger partial charge in [-0.25, -0.2) is 9.67 Å². The number of anilines is 1. The lowest BCUT2D eigenvalue weighted by Gasteiger charge is -2.33. The van der Waals surface area contributed by atoms with Crippen molar-refractivity contribution in [3.63, 3.8) is 0 Å². The molecule has 1 aromatic carbocycles. The molecular weight excluding hydrogens is 423 g/mol. The Balaban J connectivity index is 1.65. The van der Waals surface area contributed by atoms with Gasteiger partial charge in [-0.1, -0.05) is 12.1 Å². The smallest absolute Gasteiger partial charge is 0.410 e. The average Bonchev–Trinajstić information content (AvgIpc) is 3.19. The van der Waals surface area contributed by atoms with Crippen molar-refractivity contribution in [1.82, 2.24) is 14.8 Å². The first kappa shape index (κ1) is 21.5. The lowest BCUT2D eigenvalue weighted by atomic mass is 9.96. The number of hydrogen-bond donors (Lipinski definition) is 1. The molecule has 0 radical (unpaired) electrons. The number of nitrogens with one attached hydrogen (secondary N) is 1. The molecule has 0 fully saturated rings. The topological polar surface area (TPSA) is 85.0 Å². The Kier molecular flexibility index (Phi) is 5.65. The van der Waals surface area contributed by atoms with Crippen molar-refractivity contribution >= 4 is 5.82 Å². The Hall–Kier alpha value is -3.74. The van der Waals surface area contributed by atoms with Crippen molar-refractivity contribution in [3.05, 3.63) is 65.1 Å². The molecule has 0 saturated carbocycles. The van der Waals surface area contributed by atoms with Crippen LogP contribution in [0.3, 0.4) is 0 Å². The molecule has 1 N–H and O–H groups in total. The van der Waals surface area contributed by atoms with Gasteiger partial charge in [-0.05, 0) is 29.3 Å². The largest absolute Gasteiger partial charge is 0.493 e. The van der Waals surface area contributed by atoms with Gasteiger partial charge in [-0.15, -0.1) is 0 Å². The maximum absolute atomic E-state index is 13.9. The van der Waals surface area contributed by atoms with Crippen LogP contribution in [0.5, 0.6) is 11.5 Å². The summed E-state index contributed by atoms with van der Waals surface area (Å²) in [4.78, 5) is 4.00. The molecule has 4 rings (SSSR count). The van der Waals surface area contributed by atoms with Crippen LogP contribution in [0.15, 0.2) is 42.6 Å². The van der Waals surface area contributed by atoms with Gasteiger partial charge in [-0.2, -0.15) is 23.5 Å². The summed E-state index contributed by atoms with van der Waals surface area (Å²) in [7, 11) is 2.98. The number of halogens is 3. The van der Waals surface area contributed by atoms with Crippen LogP contribution in [-0.2, 0) is 6.42 Å². The average molecular weight is 443 g/mol. The van der Waals surface area contributed by atoms with E-state index in [1.54, 1.807) is 36.4 Å². The number of ether oxygens (including phenoxy) is 2. The monoisotopic (exact) mass is 443 g/mol. The van der Waals surface area contributed by atoms with Crippen LogP contribution in [0.4, 0.5) is 19.0 Å². The number of nitriles is 1. The van der Waals surface area contributed by atoms with Gasteiger partial charge in [0.2, 0.25) is 0 Å². The summed E-state index contributed by atoms with van der Waals surface area (Å²) < 4.78 is 53.3. The number of benzene rings is 1. The summed E-state index contributed by atoms with van der Waals surface area (Å²) in [5, 5.41) is 16.3. The lowest BCUT2D eigenvalue weighted by Crippen LogP contribution is -2.35. The van der Waals surface area contributed by atoms with Gasteiger partial charge in [0.1, 0.15) is 17.6 Å². The third kappa shape index (κ3) is 4.19. The third-order valence-corrected chi connectivity index (χ3v) is 5.37. The van der Waals surface area contributed by atoms with Crippen LogP contribution in [-0.4, -0.2) is 35.2 Å². The van der Waals surface area contributed by atoms with Gasteiger partial charge in [0.25, 0.3) is 0 Å². The zero-order chi connectivity index (χ0) is 22.9. The van der Waals surface area contributed by atoms with Gasteiger partial charge in [0, 0.05) is 25.1 Å². The fourth-order valence-electron chi connectivity index (χ4n) is 3.80. The molecule has 166 valence electrons. The minimum Gasteiger partial charge on any atom is -0.493 e. The molecule has 0 amide bonds. The van der Waals surface area contributed by atoms with Crippen molar-refractivity contribution in [1.29, 1.82) is 5.26 Å². The van der Waals surface area contributed by atoms with Crippen LogP contribution in [0.1, 0.15) is 41.0 Å². The van der Waals surface area contributed by atoms with Crippen LogP contribution in [0.25, 0.3) is 0 Å². The number of alkyl halides is 3. The zero-order valence-corrected chi connectivity index (χ0v) is 17.3. The maximum Gasteiger partial charge on any atom is 0.410 e. The molecule has 7 nitrogen and oxygen atoms in total. The zero-order valence-electron chi connectivity index (χ0n) is 17.3. The van der Waals surface area contributed by atoms with Crippen molar-refractivity contribution in [2.24, 2.45) is 0 Å². The number of hydrogen-bond acceptors (Lipinski definition) is 6. The van der Waals surface area contributed by atoms with E-state index in [4.69, 9.17) is 14.7 Å². The summed E-state index contributed by atoms with van der Waals surface area (Å²) >= 11 is 0. The summed E-state index contributed by atoms with van der Waals surface area (Å²) in [6.07, 6.45) is -2.86. The number of aromatic nitrogens is 3. The number of methoxy groups -OCH3 is 2. The quantitative estimate of drug-likeness (QED) is 0.629. The molecule has 1 aliphatic heterocycles. The highest BCUT2D eigenvalue weighted by Gasteiger charge is 2.46. The van der Waals surface area contributed by atoms with E-state index in [0.717, 1.165) is 10.2 Å². The molecule has 2 atom stereocenters. The Bertz CT molecular complexity index is 1150. The fraction of sp³-hybridized carbons (Fsp3) is 0.318. The Labute approximate surface area is 182 Å². The van der Waals surface area contributed by atoms with Crippen LogP contribution in [0.2, 0.25) is 0 Å².